The van der Waals surface area contributed by atoms with Crippen LogP contribution in [0, 0.1) is 0 Å². The Morgan fingerprint density at radius 2 is 1.93 bits per heavy atom. The number of aryl methyl sites for hydroxylation is 1. The lowest BCUT2D eigenvalue weighted by Gasteiger charge is -2.34. The Bertz CT molecular complexity index is 1050. The molecule has 4 heteroatoms. The van der Waals surface area contributed by atoms with Crippen molar-refractivity contribution < 1.29 is 5.11 Å². The molecule has 0 unspecified atom stereocenters. The normalized spacial score (nSPS) is 16.9. The fourth-order valence-corrected chi connectivity index (χ4v) is 5.85. The molecule has 1 aromatic heterocycles. The number of aliphatic hydroxyl groups is 1. The molecule has 29 heavy (non-hydrogen) atoms. The number of hydrogen-bond acceptors (Lipinski definition) is 3. The van der Waals surface area contributed by atoms with E-state index in [4.69, 9.17) is 0 Å². The Hall–Kier alpha value is -2.01. The molecule has 1 aliphatic carbocycles. The minimum atomic E-state index is 0.0850. The van der Waals surface area contributed by atoms with Crippen LogP contribution in [-0.4, -0.2) is 40.4 Å². The van der Waals surface area contributed by atoms with Gasteiger partial charge in [0.1, 0.15) is 0 Å². The smallest absolute Gasteiger partial charge is 0.0702 e. The standard InChI is InChI=1S/C25H28N2OS/c28-16-20-5-3-7-24-21(14-26-25(20)24)17-29-13-12-27-11-10-23-19(15-27)9-8-18-4-1-2-6-22(18)23/h1-7,14,26,28H,8-13,15-17H2. The first-order valence-electron chi connectivity index (χ1n) is 10.6. The highest BCUT2D eigenvalue weighted by atomic mass is 32.2. The van der Waals surface area contributed by atoms with Gasteiger partial charge in [0.05, 0.1) is 12.1 Å². The molecule has 0 saturated heterocycles. The Morgan fingerprint density at radius 1 is 1.00 bits per heavy atom. The zero-order valence-corrected chi connectivity index (χ0v) is 17.6. The number of nitrogens with one attached hydrogen (secondary N) is 1. The van der Waals surface area contributed by atoms with Crippen LogP contribution in [0.15, 0.2) is 54.2 Å². The second kappa shape index (κ2) is 8.39. The Balaban J connectivity index is 1.17. The van der Waals surface area contributed by atoms with E-state index in [0.717, 1.165) is 35.7 Å². The zero-order chi connectivity index (χ0) is 19.6. The number of para-hydroxylation sites is 1. The third-order valence-electron chi connectivity index (χ3n) is 6.43. The van der Waals surface area contributed by atoms with Crippen LogP contribution in [-0.2, 0) is 18.8 Å². The van der Waals surface area contributed by atoms with Gasteiger partial charge in [-0.05, 0) is 41.5 Å². The summed E-state index contributed by atoms with van der Waals surface area (Å²) >= 11 is 2.01. The van der Waals surface area contributed by atoms with Gasteiger partial charge in [0.2, 0.25) is 0 Å². The third kappa shape index (κ3) is 3.77. The van der Waals surface area contributed by atoms with E-state index in [1.54, 1.807) is 16.7 Å². The van der Waals surface area contributed by atoms with Gasteiger partial charge in [0.15, 0.2) is 0 Å². The second-order valence-electron chi connectivity index (χ2n) is 8.13. The van der Waals surface area contributed by atoms with E-state index >= 15 is 0 Å². The summed E-state index contributed by atoms with van der Waals surface area (Å²) in [5.41, 5.74) is 9.77. The number of H-pyrrole nitrogens is 1. The Labute approximate surface area is 176 Å². The average Bonchev–Trinajstić information content (AvgIpc) is 3.19. The van der Waals surface area contributed by atoms with Gasteiger partial charge in [-0.3, -0.25) is 4.90 Å². The molecule has 0 fully saturated rings. The molecule has 0 atom stereocenters. The van der Waals surface area contributed by atoms with Gasteiger partial charge in [0, 0.05) is 48.3 Å². The van der Waals surface area contributed by atoms with Crippen molar-refractivity contribution in [2.45, 2.75) is 31.6 Å². The number of nitrogens with zero attached hydrogens (tertiary/aromatic N) is 1. The summed E-state index contributed by atoms with van der Waals surface area (Å²) in [6.45, 7) is 3.58. The Kier molecular flexibility index (Phi) is 5.49. The number of rotatable bonds is 6. The molecule has 2 aliphatic rings. The minimum absolute atomic E-state index is 0.0850. The highest BCUT2D eigenvalue weighted by Gasteiger charge is 2.24. The van der Waals surface area contributed by atoms with Crippen LogP contribution in [0.1, 0.15) is 35.1 Å². The van der Waals surface area contributed by atoms with Crippen LogP contribution < -0.4 is 0 Å². The van der Waals surface area contributed by atoms with E-state index in [1.807, 2.05) is 23.9 Å². The van der Waals surface area contributed by atoms with Crippen molar-refractivity contribution in [1.82, 2.24) is 9.88 Å². The summed E-state index contributed by atoms with van der Waals surface area (Å²) < 4.78 is 0. The van der Waals surface area contributed by atoms with Crippen molar-refractivity contribution in [1.29, 1.82) is 0 Å². The number of benzene rings is 2. The van der Waals surface area contributed by atoms with E-state index in [1.165, 1.54) is 42.3 Å². The Morgan fingerprint density at radius 3 is 2.86 bits per heavy atom. The number of aliphatic hydroxyl groups excluding tert-OH is 1. The fourth-order valence-electron chi connectivity index (χ4n) is 4.86. The first kappa shape index (κ1) is 19.0. The summed E-state index contributed by atoms with van der Waals surface area (Å²) in [7, 11) is 0. The summed E-state index contributed by atoms with van der Waals surface area (Å²) in [5, 5.41) is 10.8. The van der Waals surface area contributed by atoms with Crippen molar-refractivity contribution >= 4 is 28.2 Å². The van der Waals surface area contributed by atoms with Gasteiger partial charge in [-0.15, -0.1) is 0 Å². The summed E-state index contributed by atoms with van der Waals surface area (Å²) in [4.78, 5) is 5.99. The molecule has 1 aliphatic heterocycles. The van der Waals surface area contributed by atoms with E-state index in [0.29, 0.717) is 0 Å². The minimum Gasteiger partial charge on any atom is -0.392 e. The van der Waals surface area contributed by atoms with Gasteiger partial charge in [-0.1, -0.05) is 48.0 Å². The van der Waals surface area contributed by atoms with E-state index in [-0.39, 0.29) is 6.61 Å². The monoisotopic (exact) mass is 404 g/mol. The molecule has 0 amide bonds. The van der Waals surface area contributed by atoms with Crippen molar-refractivity contribution in [3.63, 3.8) is 0 Å². The topological polar surface area (TPSA) is 39.3 Å². The van der Waals surface area contributed by atoms with Gasteiger partial charge in [0.25, 0.3) is 0 Å². The number of thioether (sulfide) groups is 1. The molecular formula is C25H28N2OS. The molecule has 2 heterocycles. The van der Waals surface area contributed by atoms with Crippen LogP contribution in [0.25, 0.3) is 16.5 Å². The van der Waals surface area contributed by atoms with Crippen molar-refractivity contribution in [2.24, 2.45) is 0 Å². The highest BCUT2D eigenvalue weighted by Crippen LogP contribution is 2.36. The maximum Gasteiger partial charge on any atom is 0.0702 e. The lowest BCUT2D eigenvalue weighted by molar-refractivity contribution is 0.283. The van der Waals surface area contributed by atoms with Gasteiger partial charge < -0.3 is 10.1 Å². The van der Waals surface area contributed by atoms with Gasteiger partial charge in [-0.2, -0.15) is 11.8 Å². The predicted molar refractivity (Wildman–Crippen MR) is 123 cm³/mol. The molecule has 0 spiro atoms. The first-order valence-corrected chi connectivity index (χ1v) is 11.8. The van der Waals surface area contributed by atoms with Crippen molar-refractivity contribution in [3.05, 3.63) is 76.5 Å². The predicted octanol–water partition coefficient (Wildman–Crippen LogP) is 5.00. The van der Waals surface area contributed by atoms with Crippen LogP contribution in [0.3, 0.4) is 0 Å². The maximum atomic E-state index is 9.51. The van der Waals surface area contributed by atoms with E-state index in [2.05, 4.69) is 46.4 Å². The van der Waals surface area contributed by atoms with Gasteiger partial charge >= 0.3 is 0 Å². The molecule has 2 N–H and O–H groups in total. The summed E-state index contributed by atoms with van der Waals surface area (Å²) in [6, 6.07) is 15.2. The molecule has 2 aromatic carbocycles. The lowest BCUT2D eigenvalue weighted by atomic mass is 9.82. The number of aromatic amines is 1. The molecule has 0 radical (unpaired) electrons. The molecule has 150 valence electrons. The second-order valence-corrected chi connectivity index (χ2v) is 9.23. The molecule has 5 rings (SSSR count). The third-order valence-corrected chi connectivity index (χ3v) is 7.41. The molecule has 0 saturated carbocycles. The van der Waals surface area contributed by atoms with E-state index in [9.17, 15) is 5.11 Å². The SMILES string of the molecule is OCc1cccc2c(CSCCN3CCC4=C(CCc5ccccc54)C3)c[nH]c12. The zero-order valence-electron chi connectivity index (χ0n) is 16.8. The van der Waals surface area contributed by atoms with Crippen LogP contribution >= 0.6 is 11.8 Å². The molecule has 3 aromatic rings. The molecule has 0 bridgehead atoms. The highest BCUT2D eigenvalue weighted by molar-refractivity contribution is 7.98. The maximum absolute atomic E-state index is 9.51. The number of fused-ring (bicyclic) bond motifs is 3. The average molecular weight is 405 g/mol. The van der Waals surface area contributed by atoms with Gasteiger partial charge in [-0.25, -0.2) is 0 Å². The summed E-state index contributed by atoms with van der Waals surface area (Å²) in [6.07, 6.45) is 5.74. The van der Waals surface area contributed by atoms with Crippen LogP contribution in [0.2, 0.25) is 0 Å². The quantitative estimate of drug-likeness (QED) is 0.568. The van der Waals surface area contributed by atoms with Crippen LogP contribution in [0.5, 0.6) is 0 Å². The summed E-state index contributed by atoms with van der Waals surface area (Å²) in [5.74, 6) is 2.18. The molecular weight excluding hydrogens is 376 g/mol. The lowest BCUT2D eigenvalue weighted by Crippen LogP contribution is -2.34. The first-order chi connectivity index (χ1) is 14.3. The number of aromatic nitrogens is 1. The number of hydrogen-bond donors (Lipinski definition) is 2. The van der Waals surface area contributed by atoms with E-state index < -0.39 is 0 Å². The van der Waals surface area contributed by atoms with Crippen LogP contribution in [0.4, 0.5) is 0 Å². The molecule has 3 nitrogen and oxygen atoms in total. The fraction of sp³-hybridized carbons (Fsp3) is 0.360. The van der Waals surface area contributed by atoms with Crippen molar-refractivity contribution in [3.8, 4) is 0 Å². The van der Waals surface area contributed by atoms with Crippen molar-refractivity contribution in [2.75, 3.05) is 25.4 Å². The largest absolute Gasteiger partial charge is 0.392 e.